The van der Waals surface area contributed by atoms with Crippen molar-refractivity contribution in [2.45, 2.75) is 45.6 Å². The van der Waals surface area contributed by atoms with Crippen molar-refractivity contribution < 1.29 is 9.90 Å². The van der Waals surface area contributed by atoms with E-state index in [1.54, 1.807) is 0 Å². The van der Waals surface area contributed by atoms with Gasteiger partial charge in [-0.05, 0) is 51.7 Å². The second-order valence-corrected chi connectivity index (χ2v) is 5.96. The molecule has 1 heterocycles. The minimum Gasteiger partial charge on any atom is -0.390 e. The van der Waals surface area contributed by atoms with Crippen LogP contribution in [0.1, 0.15) is 47.7 Å². The lowest BCUT2D eigenvalue weighted by Crippen LogP contribution is -2.33. The van der Waals surface area contributed by atoms with Crippen LogP contribution in [0.15, 0.2) is 18.2 Å². The normalized spacial score (nSPS) is 24.1. The van der Waals surface area contributed by atoms with Crippen LogP contribution in [0.5, 0.6) is 0 Å². The van der Waals surface area contributed by atoms with Crippen LogP contribution in [0, 0.1) is 13.8 Å². The quantitative estimate of drug-likeness (QED) is 0.844. The van der Waals surface area contributed by atoms with E-state index >= 15 is 0 Å². The van der Waals surface area contributed by atoms with Gasteiger partial charge >= 0.3 is 0 Å². The van der Waals surface area contributed by atoms with Crippen molar-refractivity contribution in [3.8, 4) is 0 Å². The molecule has 19 heavy (non-hydrogen) atoms. The number of rotatable bonds is 1. The minimum atomic E-state index is -0.628. The maximum atomic E-state index is 12.5. The number of hydrogen-bond acceptors (Lipinski definition) is 2. The highest BCUT2D eigenvalue weighted by molar-refractivity contribution is 5.95. The predicted molar refractivity (Wildman–Crippen MR) is 76.3 cm³/mol. The standard InChI is InChI=1S/C16H23NO2/c1-12-5-6-14(13(2)11-12)15(18)17-9-4-7-16(3,19)8-10-17/h5-6,11,19H,4,7-10H2,1-3H3. The summed E-state index contributed by atoms with van der Waals surface area (Å²) in [4.78, 5) is 14.4. The molecule has 3 heteroatoms. The maximum absolute atomic E-state index is 12.5. The molecule has 0 bridgehead atoms. The highest BCUT2D eigenvalue weighted by Gasteiger charge is 2.27. The van der Waals surface area contributed by atoms with E-state index in [-0.39, 0.29) is 5.91 Å². The molecule has 1 aliphatic rings. The predicted octanol–water partition coefficient (Wildman–Crippen LogP) is 2.68. The number of amides is 1. The number of benzene rings is 1. The van der Waals surface area contributed by atoms with Gasteiger partial charge in [0.1, 0.15) is 0 Å². The van der Waals surface area contributed by atoms with E-state index in [2.05, 4.69) is 0 Å². The molecule has 1 N–H and O–H groups in total. The number of likely N-dealkylation sites (tertiary alicyclic amines) is 1. The fourth-order valence-electron chi connectivity index (χ4n) is 2.69. The molecule has 0 aliphatic carbocycles. The third-order valence-corrected chi connectivity index (χ3v) is 3.96. The molecule has 0 aromatic heterocycles. The lowest BCUT2D eigenvalue weighted by atomic mass is 9.98. The number of aliphatic hydroxyl groups is 1. The molecule has 1 unspecified atom stereocenters. The summed E-state index contributed by atoms with van der Waals surface area (Å²) in [5.41, 5.74) is 2.36. The summed E-state index contributed by atoms with van der Waals surface area (Å²) in [5, 5.41) is 10.1. The molecular weight excluding hydrogens is 238 g/mol. The Morgan fingerprint density at radius 3 is 2.68 bits per heavy atom. The Bertz CT molecular complexity index is 480. The average molecular weight is 261 g/mol. The number of hydrogen-bond donors (Lipinski definition) is 1. The molecule has 1 amide bonds. The zero-order valence-electron chi connectivity index (χ0n) is 12.1. The van der Waals surface area contributed by atoms with Crippen molar-refractivity contribution in [1.29, 1.82) is 0 Å². The summed E-state index contributed by atoms with van der Waals surface area (Å²) in [6.45, 7) is 7.25. The van der Waals surface area contributed by atoms with E-state index in [0.29, 0.717) is 13.0 Å². The van der Waals surface area contributed by atoms with Crippen molar-refractivity contribution in [3.05, 3.63) is 34.9 Å². The SMILES string of the molecule is Cc1ccc(C(=O)N2CCCC(C)(O)CC2)c(C)c1. The molecular formula is C16H23NO2. The zero-order chi connectivity index (χ0) is 14.0. The van der Waals surface area contributed by atoms with Gasteiger partial charge in [-0.1, -0.05) is 17.7 Å². The van der Waals surface area contributed by atoms with Gasteiger partial charge < -0.3 is 10.0 Å². The van der Waals surface area contributed by atoms with Gasteiger partial charge in [-0.2, -0.15) is 0 Å². The Kier molecular flexibility index (Phi) is 3.95. The third-order valence-electron chi connectivity index (χ3n) is 3.96. The summed E-state index contributed by atoms with van der Waals surface area (Å²) in [6, 6.07) is 5.94. The van der Waals surface area contributed by atoms with Crippen LogP contribution in [0.4, 0.5) is 0 Å². The van der Waals surface area contributed by atoms with Crippen LogP contribution < -0.4 is 0 Å². The molecule has 3 nitrogen and oxygen atoms in total. The average Bonchev–Trinajstić information content (AvgIpc) is 2.49. The molecule has 1 aromatic rings. The molecule has 0 radical (unpaired) electrons. The van der Waals surface area contributed by atoms with Gasteiger partial charge in [-0.15, -0.1) is 0 Å². The van der Waals surface area contributed by atoms with Gasteiger partial charge in [0.15, 0.2) is 0 Å². The fraction of sp³-hybridized carbons (Fsp3) is 0.562. The minimum absolute atomic E-state index is 0.0928. The van der Waals surface area contributed by atoms with E-state index < -0.39 is 5.60 Å². The first-order valence-corrected chi connectivity index (χ1v) is 6.98. The van der Waals surface area contributed by atoms with Crippen LogP contribution in [-0.4, -0.2) is 34.6 Å². The van der Waals surface area contributed by atoms with E-state index in [9.17, 15) is 9.90 Å². The van der Waals surface area contributed by atoms with Crippen LogP contribution in [0.2, 0.25) is 0 Å². The molecule has 1 atom stereocenters. The highest BCUT2D eigenvalue weighted by Crippen LogP contribution is 2.23. The largest absolute Gasteiger partial charge is 0.390 e. The second kappa shape index (κ2) is 5.33. The van der Waals surface area contributed by atoms with Crippen molar-refractivity contribution in [3.63, 3.8) is 0 Å². The number of nitrogens with zero attached hydrogens (tertiary/aromatic N) is 1. The van der Waals surface area contributed by atoms with Crippen molar-refractivity contribution in [2.75, 3.05) is 13.1 Å². The summed E-state index contributed by atoms with van der Waals surface area (Å²) >= 11 is 0. The van der Waals surface area contributed by atoms with Crippen LogP contribution in [0.25, 0.3) is 0 Å². The summed E-state index contributed by atoms with van der Waals surface area (Å²) in [6.07, 6.45) is 2.29. The van der Waals surface area contributed by atoms with Gasteiger partial charge in [-0.25, -0.2) is 0 Å². The monoisotopic (exact) mass is 261 g/mol. The van der Waals surface area contributed by atoms with E-state index in [0.717, 1.165) is 30.5 Å². The summed E-state index contributed by atoms with van der Waals surface area (Å²) in [5.74, 6) is 0.0928. The highest BCUT2D eigenvalue weighted by atomic mass is 16.3. The Balaban J connectivity index is 2.15. The number of carbonyl (C=O) groups is 1. The molecule has 0 spiro atoms. The molecule has 1 fully saturated rings. The molecule has 1 aromatic carbocycles. The summed E-state index contributed by atoms with van der Waals surface area (Å²) in [7, 11) is 0. The Hall–Kier alpha value is -1.35. The third kappa shape index (κ3) is 3.35. The number of aryl methyl sites for hydroxylation is 2. The maximum Gasteiger partial charge on any atom is 0.254 e. The lowest BCUT2D eigenvalue weighted by molar-refractivity contribution is 0.0438. The molecule has 1 aliphatic heterocycles. The lowest BCUT2D eigenvalue weighted by Gasteiger charge is -2.23. The topological polar surface area (TPSA) is 40.5 Å². The fourth-order valence-corrected chi connectivity index (χ4v) is 2.69. The van der Waals surface area contributed by atoms with Crippen LogP contribution in [-0.2, 0) is 0 Å². The van der Waals surface area contributed by atoms with Crippen molar-refractivity contribution >= 4 is 5.91 Å². The van der Waals surface area contributed by atoms with Crippen molar-refractivity contribution in [2.24, 2.45) is 0 Å². The first-order valence-electron chi connectivity index (χ1n) is 6.98. The zero-order valence-corrected chi connectivity index (χ0v) is 12.1. The number of carbonyl (C=O) groups excluding carboxylic acids is 1. The first-order chi connectivity index (χ1) is 8.89. The first kappa shape index (κ1) is 14.1. The van der Waals surface area contributed by atoms with E-state index in [1.165, 1.54) is 5.56 Å². The van der Waals surface area contributed by atoms with E-state index in [1.807, 2.05) is 43.9 Å². The molecule has 2 rings (SSSR count). The van der Waals surface area contributed by atoms with Gasteiger partial charge in [0.05, 0.1) is 5.60 Å². The molecule has 104 valence electrons. The van der Waals surface area contributed by atoms with Gasteiger partial charge in [0.2, 0.25) is 0 Å². The van der Waals surface area contributed by atoms with Crippen LogP contribution in [0.3, 0.4) is 0 Å². The Morgan fingerprint density at radius 1 is 1.26 bits per heavy atom. The van der Waals surface area contributed by atoms with Gasteiger partial charge in [0.25, 0.3) is 5.91 Å². The van der Waals surface area contributed by atoms with Gasteiger partial charge in [0, 0.05) is 18.7 Å². The summed E-state index contributed by atoms with van der Waals surface area (Å²) < 4.78 is 0. The van der Waals surface area contributed by atoms with Crippen molar-refractivity contribution in [1.82, 2.24) is 4.90 Å². The molecule has 1 saturated heterocycles. The Labute approximate surface area is 115 Å². The second-order valence-electron chi connectivity index (χ2n) is 5.96. The Morgan fingerprint density at radius 2 is 2.00 bits per heavy atom. The van der Waals surface area contributed by atoms with Gasteiger partial charge in [-0.3, -0.25) is 4.79 Å². The van der Waals surface area contributed by atoms with Crippen LogP contribution >= 0.6 is 0 Å². The molecule has 0 saturated carbocycles. The van der Waals surface area contributed by atoms with E-state index in [4.69, 9.17) is 0 Å². The smallest absolute Gasteiger partial charge is 0.254 e.